The van der Waals surface area contributed by atoms with Gasteiger partial charge >= 0.3 is 5.97 Å². The molecule has 0 aliphatic heterocycles. The molecule has 0 saturated carbocycles. The fourth-order valence-corrected chi connectivity index (χ4v) is 2.41. The highest BCUT2D eigenvalue weighted by Crippen LogP contribution is 2.11. The predicted octanol–water partition coefficient (Wildman–Crippen LogP) is 4.35. The minimum Gasteiger partial charge on any atom is -0.469 e. The molecule has 0 aromatic heterocycles. The molecule has 0 bridgehead atoms. The van der Waals surface area contributed by atoms with Gasteiger partial charge in [-0.3, -0.25) is 9.59 Å². The van der Waals surface area contributed by atoms with Gasteiger partial charge in [-0.2, -0.15) is 0 Å². The van der Waals surface area contributed by atoms with Gasteiger partial charge in [0.15, 0.2) is 5.78 Å². The van der Waals surface area contributed by atoms with Crippen molar-refractivity contribution in [3.8, 4) is 0 Å². The number of hydrogen-bond donors (Lipinski definition) is 1. The lowest BCUT2D eigenvalue weighted by Crippen LogP contribution is -2.11. The third-order valence-electron chi connectivity index (χ3n) is 3.86. The Labute approximate surface area is 141 Å². The molecule has 0 amide bonds. The highest BCUT2D eigenvalue weighted by atomic mass is 16.5. The number of allylic oxidation sites excluding steroid dienone is 2. The monoisotopic (exact) mass is 326 g/mol. The number of rotatable bonds is 15. The zero-order chi connectivity index (χ0) is 17.3. The van der Waals surface area contributed by atoms with Crippen LogP contribution in [0.2, 0.25) is 0 Å². The number of aliphatic hydroxyl groups is 1. The average Bonchev–Trinajstić information content (AvgIpc) is 2.53. The van der Waals surface area contributed by atoms with Crippen molar-refractivity contribution in [3.63, 3.8) is 0 Å². The highest BCUT2D eigenvalue weighted by molar-refractivity contribution is 5.89. The summed E-state index contributed by atoms with van der Waals surface area (Å²) < 4.78 is 4.58. The number of ether oxygens (including phenoxy) is 1. The minimum absolute atomic E-state index is 0.0204. The Hall–Kier alpha value is -1.16. The SMILES string of the molecule is CCCCC/C=C/C(=O)CC(O)CCCCCCCC(=O)OC. The molecule has 4 nitrogen and oxygen atoms in total. The molecular formula is C19H34O4. The molecule has 0 spiro atoms. The Kier molecular flexibility index (Phi) is 14.9. The predicted molar refractivity (Wildman–Crippen MR) is 93.2 cm³/mol. The molecule has 0 saturated heterocycles. The van der Waals surface area contributed by atoms with E-state index in [9.17, 15) is 14.7 Å². The lowest BCUT2D eigenvalue weighted by atomic mass is 10.0. The number of unbranched alkanes of at least 4 members (excludes halogenated alkanes) is 7. The van der Waals surface area contributed by atoms with Gasteiger partial charge in [-0.15, -0.1) is 0 Å². The number of carbonyl (C=O) groups excluding carboxylic acids is 2. The van der Waals surface area contributed by atoms with Gasteiger partial charge in [-0.05, 0) is 31.8 Å². The maximum atomic E-state index is 11.7. The standard InChI is InChI=1S/C19H34O4/c1-3-4-5-7-10-13-17(20)16-18(21)14-11-8-6-9-12-15-19(22)23-2/h10,13,18,21H,3-9,11-12,14-16H2,1-2H3/b13-10+. The molecule has 1 atom stereocenters. The van der Waals surface area contributed by atoms with Gasteiger partial charge in [-0.25, -0.2) is 0 Å². The van der Waals surface area contributed by atoms with Gasteiger partial charge in [0.25, 0.3) is 0 Å². The number of hydrogen-bond acceptors (Lipinski definition) is 4. The molecule has 0 fully saturated rings. The lowest BCUT2D eigenvalue weighted by Gasteiger charge is -2.08. The van der Waals surface area contributed by atoms with Crippen LogP contribution in [0.15, 0.2) is 12.2 Å². The summed E-state index contributed by atoms with van der Waals surface area (Å²) in [4.78, 5) is 22.6. The van der Waals surface area contributed by atoms with Crippen molar-refractivity contribution in [1.29, 1.82) is 0 Å². The van der Waals surface area contributed by atoms with Crippen LogP contribution in [0.25, 0.3) is 0 Å². The van der Waals surface area contributed by atoms with Crippen LogP contribution in [0, 0.1) is 0 Å². The normalized spacial score (nSPS) is 12.5. The van der Waals surface area contributed by atoms with Gasteiger partial charge in [-0.1, -0.05) is 51.5 Å². The molecule has 0 aliphatic rings. The molecule has 0 aromatic carbocycles. The fourth-order valence-electron chi connectivity index (χ4n) is 2.41. The van der Waals surface area contributed by atoms with Gasteiger partial charge in [0.2, 0.25) is 0 Å². The Morgan fingerprint density at radius 2 is 1.74 bits per heavy atom. The van der Waals surface area contributed by atoms with E-state index in [2.05, 4.69) is 11.7 Å². The Balaban J connectivity index is 3.50. The molecule has 1 N–H and O–H groups in total. The first-order chi connectivity index (χ1) is 11.1. The summed E-state index contributed by atoms with van der Waals surface area (Å²) in [7, 11) is 1.41. The van der Waals surface area contributed by atoms with E-state index < -0.39 is 6.10 Å². The number of esters is 1. The highest BCUT2D eigenvalue weighted by Gasteiger charge is 2.08. The summed E-state index contributed by atoms with van der Waals surface area (Å²) in [6.07, 6.45) is 13.7. The van der Waals surface area contributed by atoms with E-state index >= 15 is 0 Å². The Morgan fingerprint density at radius 1 is 1.04 bits per heavy atom. The lowest BCUT2D eigenvalue weighted by molar-refractivity contribution is -0.140. The van der Waals surface area contributed by atoms with Crippen LogP contribution in [0.3, 0.4) is 0 Å². The maximum absolute atomic E-state index is 11.7. The average molecular weight is 326 g/mol. The smallest absolute Gasteiger partial charge is 0.305 e. The number of carbonyl (C=O) groups is 2. The van der Waals surface area contributed by atoms with E-state index in [0.29, 0.717) is 12.8 Å². The third kappa shape index (κ3) is 15.5. The van der Waals surface area contributed by atoms with Crippen LogP contribution in [0.4, 0.5) is 0 Å². The van der Waals surface area contributed by atoms with Crippen molar-refractivity contribution < 1.29 is 19.4 Å². The minimum atomic E-state index is -0.530. The summed E-state index contributed by atoms with van der Waals surface area (Å²) in [5, 5.41) is 9.85. The largest absolute Gasteiger partial charge is 0.469 e. The van der Waals surface area contributed by atoms with Crippen molar-refractivity contribution in [3.05, 3.63) is 12.2 Å². The Bertz CT molecular complexity index is 336. The number of methoxy groups -OCH3 is 1. The molecule has 0 aliphatic carbocycles. The van der Waals surface area contributed by atoms with Crippen LogP contribution in [0.5, 0.6) is 0 Å². The molecule has 0 radical (unpaired) electrons. The van der Waals surface area contributed by atoms with Crippen LogP contribution in [0.1, 0.15) is 84.0 Å². The van der Waals surface area contributed by atoms with Crippen molar-refractivity contribution in [2.75, 3.05) is 7.11 Å². The second-order valence-electron chi connectivity index (χ2n) is 6.10. The van der Waals surface area contributed by atoms with Crippen LogP contribution < -0.4 is 0 Å². The number of ketones is 1. The van der Waals surface area contributed by atoms with Crippen molar-refractivity contribution in [1.82, 2.24) is 0 Å². The summed E-state index contributed by atoms with van der Waals surface area (Å²) in [6.45, 7) is 2.16. The fraction of sp³-hybridized carbons (Fsp3) is 0.789. The van der Waals surface area contributed by atoms with Crippen molar-refractivity contribution in [2.45, 2.75) is 90.1 Å². The molecule has 134 valence electrons. The summed E-state index contributed by atoms with van der Waals surface area (Å²) in [5.74, 6) is -0.131. The first-order valence-electron chi connectivity index (χ1n) is 9.04. The first kappa shape index (κ1) is 21.8. The zero-order valence-electron chi connectivity index (χ0n) is 14.9. The van der Waals surface area contributed by atoms with Crippen LogP contribution in [-0.4, -0.2) is 30.1 Å². The third-order valence-corrected chi connectivity index (χ3v) is 3.86. The second kappa shape index (κ2) is 15.7. The summed E-state index contributed by atoms with van der Waals surface area (Å²) in [6, 6.07) is 0. The van der Waals surface area contributed by atoms with Crippen LogP contribution >= 0.6 is 0 Å². The van der Waals surface area contributed by atoms with Crippen molar-refractivity contribution in [2.24, 2.45) is 0 Å². The quantitative estimate of drug-likeness (QED) is 0.276. The van der Waals surface area contributed by atoms with Gasteiger partial charge in [0, 0.05) is 12.8 Å². The first-order valence-corrected chi connectivity index (χ1v) is 9.04. The van der Waals surface area contributed by atoms with Gasteiger partial charge < -0.3 is 9.84 Å². The van der Waals surface area contributed by atoms with Crippen molar-refractivity contribution >= 4 is 11.8 Å². The van der Waals surface area contributed by atoms with E-state index in [1.54, 1.807) is 6.08 Å². The maximum Gasteiger partial charge on any atom is 0.305 e. The molecule has 0 heterocycles. The molecule has 23 heavy (non-hydrogen) atoms. The van der Waals surface area contributed by atoms with E-state index in [1.807, 2.05) is 6.08 Å². The molecule has 0 rings (SSSR count). The second-order valence-corrected chi connectivity index (χ2v) is 6.10. The number of aliphatic hydroxyl groups excluding tert-OH is 1. The molecule has 1 unspecified atom stereocenters. The summed E-state index contributed by atoms with van der Waals surface area (Å²) >= 11 is 0. The molecule has 0 aromatic rings. The topological polar surface area (TPSA) is 63.6 Å². The zero-order valence-corrected chi connectivity index (χ0v) is 14.9. The van der Waals surface area contributed by atoms with E-state index in [0.717, 1.165) is 44.9 Å². The van der Waals surface area contributed by atoms with Gasteiger partial charge in [0.1, 0.15) is 0 Å². The van der Waals surface area contributed by atoms with E-state index in [1.165, 1.54) is 20.0 Å². The molecule has 4 heteroatoms. The molecular weight excluding hydrogens is 292 g/mol. The van der Waals surface area contributed by atoms with Crippen LogP contribution in [-0.2, 0) is 14.3 Å². The Morgan fingerprint density at radius 3 is 2.43 bits per heavy atom. The summed E-state index contributed by atoms with van der Waals surface area (Å²) in [5.41, 5.74) is 0. The van der Waals surface area contributed by atoms with E-state index in [4.69, 9.17) is 0 Å². The van der Waals surface area contributed by atoms with E-state index in [-0.39, 0.29) is 18.2 Å². The van der Waals surface area contributed by atoms with Gasteiger partial charge in [0.05, 0.1) is 13.2 Å².